The van der Waals surface area contributed by atoms with Crippen LogP contribution in [0, 0.1) is 35.1 Å². The summed E-state index contributed by atoms with van der Waals surface area (Å²) < 4.78 is 55.3. The van der Waals surface area contributed by atoms with Crippen LogP contribution in [-0.2, 0) is 6.42 Å². The number of halogens is 4. The second kappa shape index (κ2) is 9.28. The van der Waals surface area contributed by atoms with Crippen molar-refractivity contribution in [1.29, 1.82) is 0 Å². The van der Waals surface area contributed by atoms with E-state index in [2.05, 4.69) is 18.8 Å². The molecule has 4 aromatic rings. The van der Waals surface area contributed by atoms with Crippen LogP contribution in [0.25, 0.3) is 21.9 Å². The number of fused-ring (bicyclic) bond motifs is 1. The van der Waals surface area contributed by atoms with Crippen LogP contribution in [-0.4, -0.2) is 0 Å². The molecule has 32 heavy (non-hydrogen) atoms. The topological polar surface area (TPSA) is 0 Å². The lowest BCUT2D eigenvalue weighted by molar-refractivity contribution is 0.453. The van der Waals surface area contributed by atoms with Gasteiger partial charge in [-0.1, -0.05) is 55.5 Å². The van der Waals surface area contributed by atoms with Crippen molar-refractivity contribution in [1.82, 2.24) is 0 Å². The molecule has 0 aliphatic carbocycles. The number of rotatable bonds is 4. The third kappa shape index (κ3) is 4.53. The van der Waals surface area contributed by atoms with Gasteiger partial charge in [-0.15, -0.1) is 0 Å². The van der Waals surface area contributed by atoms with E-state index in [-0.39, 0.29) is 16.6 Å². The second-order valence-electron chi connectivity index (χ2n) is 7.67. The first-order valence-electron chi connectivity index (χ1n) is 10.4. The zero-order chi connectivity index (χ0) is 22.7. The van der Waals surface area contributed by atoms with E-state index >= 15 is 0 Å². The smallest absolute Gasteiger partial charge is 0.195 e. The molecule has 4 heteroatoms. The van der Waals surface area contributed by atoms with Crippen LogP contribution in [0.5, 0.6) is 0 Å². The Morgan fingerprint density at radius 2 is 1.41 bits per heavy atom. The lowest BCUT2D eigenvalue weighted by atomic mass is 10.00. The van der Waals surface area contributed by atoms with Crippen LogP contribution in [0.3, 0.4) is 0 Å². The monoisotopic (exact) mass is 432 g/mol. The van der Waals surface area contributed by atoms with E-state index in [1.807, 2.05) is 18.2 Å². The quantitative estimate of drug-likeness (QED) is 0.175. The minimum atomic E-state index is -1.48. The molecule has 0 radical (unpaired) electrons. The van der Waals surface area contributed by atoms with Crippen LogP contribution in [0.15, 0.2) is 66.7 Å². The molecule has 0 bridgehead atoms. The molecule has 0 heterocycles. The van der Waals surface area contributed by atoms with E-state index in [1.54, 1.807) is 30.3 Å². The zero-order valence-corrected chi connectivity index (χ0v) is 17.5. The highest BCUT2D eigenvalue weighted by Gasteiger charge is 2.13. The molecule has 0 saturated carbocycles. The highest BCUT2D eigenvalue weighted by atomic mass is 19.2. The van der Waals surface area contributed by atoms with Gasteiger partial charge >= 0.3 is 0 Å². The zero-order valence-electron chi connectivity index (χ0n) is 17.5. The Labute approximate surface area is 184 Å². The molecule has 0 amide bonds. The number of aryl methyl sites for hydroxylation is 1. The Hall–Kier alpha value is -3.58. The fourth-order valence-electron chi connectivity index (χ4n) is 3.59. The first kappa shape index (κ1) is 21.6. The molecule has 0 aliphatic heterocycles. The molecule has 0 nitrogen and oxygen atoms in total. The molecule has 0 aromatic heterocycles. The first-order chi connectivity index (χ1) is 15.5. The molecule has 0 atom stereocenters. The molecule has 4 rings (SSSR count). The number of hydrogen-bond donors (Lipinski definition) is 0. The Morgan fingerprint density at radius 3 is 2.12 bits per heavy atom. The normalized spacial score (nSPS) is 10.8. The van der Waals surface area contributed by atoms with Crippen molar-refractivity contribution in [3.05, 3.63) is 107 Å². The van der Waals surface area contributed by atoms with Crippen molar-refractivity contribution in [2.75, 3.05) is 0 Å². The van der Waals surface area contributed by atoms with Crippen molar-refractivity contribution in [2.45, 2.75) is 26.2 Å². The number of unbranched alkanes of at least 4 members (excludes halogenated alkanes) is 1. The molecule has 0 spiro atoms. The Kier molecular flexibility index (Phi) is 6.28. The van der Waals surface area contributed by atoms with E-state index < -0.39 is 17.5 Å². The number of benzene rings is 4. The maximum Gasteiger partial charge on any atom is 0.195 e. The Bertz CT molecular complexity index is 1340. The van der Waals surface area contributed by atoms with Gasteiger partial charge in [-0.3, -0.25) is 0 Å². The molecular formula is C28H20F4. The molecule has 0 fully saturated rings. The van der Waals surface area contributed by atoms with E-state index in [9.17, 15) is 17.6 Å². The van der Waals surface area contributed by atoms with Gasteiger partial charge in [-0.2, -0.15) is 0 Å². The SMILES string of the molecule is CCCCc1ccc(-c2ccc(C#Cc3ccc4c(F)c(F)c(F)cc4c3)cc2)c(F)c1. The fraction of sp³-hybridized carbons (Fsp3) is 0.143. The van der Waals surface area contributed by atoms with Crippen LogP contribution in [0.2, 0.25) is 0 Å². The summed E-state index contributed by atoms with van der Waals surface area (Å²) in [6.45, 7) is 2.11. The molecule has 0 unspecified atom stereocenters. The van der Waals surface area contributed by atoms with Gasteiger partial charge in [-0.05, 0) is 65.8 Å². The maximum absolute atomic E-state index is 14.5. The van der Waals surface area contributed by atoms with E-state index in [0.29, 0.717) is 16.7 Å². The van der Waals surface area contributed by atoms with Gasteiger partial charge in [-0.25, -0.2) is 17.6 Å². The average Bonchev–Trinajstić information content (AvgIpc) is 2.80. The van der Waals surface area contributed by atoms with Gasteiger partial charge in [0.05, 0.1) is 0 Å². The first-order valence-corrected chi connectivity index (χ1v) is 10.4. The lowest BCUT2D eigenvalue weighted by Crippen LogP contribution is -1.92. The van der Waals surface area contributed by atoms with Crippen molar-refractivity contribution < 1.29 is 17.6 Å². The van der Waals surface area contributed by atoms with Crippen molar-refractivity contribution >= 4 is 10.8 Å². The summed E-state index contributed by atoms with van der Waals surface area (Å²) in [5.41, 5.74) is 3.55. The summed E-state index contributed by atoms with van der Waals surface area (Å²) in [5.74, 6) is 1.76. The third-order valence-electron chi connectivity index (χ3n) is 5.37. The van der Waals surface area contributed by atoms with Crippen LogP contribution < -0.4 is 0 Å². The third-order valence-corrected chi connectivity index (χ3v) is 5.37. The maximum atomic E-state index is 14.5. The van der Waals surface area contributed by atoms with Crippen LogP contribution in [0.4, 0.5) is 17.6 Å². The average molecular weight is 432 g/mol. The Balaban J connectivity index is 1.56. The standard InChI is InChI=1S/C28H20F4/c1-2-3-4-19-9-13-23(25(29)16-19)21-11-7-18(8-12-21)5-6-20-10-14-24-22(15-20)17-26(30)28(32)27(24)31/h7-17H,2-4H2,1H3. The molecule has 160 valence electrons. The molecule has 0 aliphatic rings. The molecule has 0 N–H and O–H groups in total. The summed E-state index contributed by atoms with van der Waals surface area (Å²) in [7, 11) is 0. The lowest BCUT2D eigenvalue weighted by Gasteiger charge is -2.07. The summed E-state index contributed by atoms with van der Waals surface area (Å²) in [4.78, 5) is 0. The summed E-state index contributed by atoms with van der Waals surface area (Å²) >= 11 is 0. The van der Waals surface area contributed by atoms with E-state index in [0.717, 1.165) is 36.5 Å². The summed E-state index contributed by atoms with van der Waals surface area (Å²) in [6.07, 6.45) is 2.97. The van der Waals surface area contributed by atoms with E-state index in [1.165, 1.54) is 12.1 Å². The minimum Gasteiger partial charge on any atom is -0.206 e. The van der Waals surface area contributed by atoms with Crippen molar-refractivity contribution in [3.63, 3.8) is 0 Å². The van der Waals surface area contributed by atoms with Crippen molar-refractivity contribution in [2.24, 2.45) is 0 Å². The highest BCUT2D eigenvalue weighted by Crippen LogP contribution is 2.26. The van der Waals surface area contributed by atoms with Crippen LogP contribution >= 0.6 is 0 Å². The largest absolute Gasteiger partial charge is 0.206 e. The second-order valence-corrected chi connectivity index (χ2v) is 7.67. The summed E-state index contributed by atoms with van der Waals surface area (Å²) in [6, 6.07) is 18.0. The van der Waals surface area contributed by atoms with Gasteiger partial charge in [0.15, 0.2) is 17.5 Å². The van der Waals surface area contributed by atoms with Gasteiger partial charge < -0.3 is 0 Å². The molecule has 4 aromatic carbocycles. The Morgan fingerprint density at radius 1 is 0.688 bits per heavy atom. The predicted octanol–water partition coefficient (Wildman–Crippen LogP) is 7.81. The number of hydrogen-bond acceptors (Lipinski definition) is 0. The van der Waals surface area contributed by atoms with Gasteiger partial charge in [0.25, 0.3) is 0 Å². The predicted molar refractivity (Wildman–Crippen MR) is 120 cm³/mol. The molecule has 0 saturated heterocycles. The van der Waals surface area contributed by atoms with Gasteiger partial charge in [0.1, 0.15) is 5.82 Å². The minimum absolute atomic E-state index is 0.00143. The highest BCUT2D eigenvalue weighted by molar-refractivity contribution is 5.84. The van der Waals surface area contributed by atoms with E-state index in [4.69, 9.17) is 0 Å². The fourth-order valence-corrected chi connectivity index (χ4v) is 3.59. The molecular weight excluding hydrogens is 412 g/mol. The summed E-state index contributed by atoms with van der Waals surface area (Å²) in [5, 5.41) is 0.239. The van der Waals surface area contributed by atoms with Crippen molar-refractivity contribution in [3.8, 4) is 23.0 Å². The van der Waals surface area contributed by atoms with Crippen LogP contribution in [0.1, 0.15) is 36.5 Å². The van der Waals surface area contributed by atoms with Gasteiger partial charge in [0.2, 0.25) is 0 Å². The van der Waals surface area contributed by atoms with Gasteiger partial charge in [0, 0.05) is 22.1 Å².